The van der Waals surface area contributed by atoms with Crippen molar-refractivity contribution in [3.63, 3.8) is 0 Å². The van der Waals surface area contributed by atoms with E-state index in [1.54, 1.807) is 0 Å². The van der Waals surface area contributed by atoms with Crippen LogP contribution in [-0.2, 0) is 0 Å². The van der Waals surface area contributed by atoms with Gasteiger partial charge < -0.3 is 5.11 Å². The number of rotatable bonds is 5. The molecule has 0 aliphatic rings. The Morgan fingerprint density at radius 2 is 1.89 bits per heavy atom. The molecule has 9 heavy (non-hydrogen) atoms. The zero-order chi connectivity index (χ0) is 7.11. The van der Waals surface area contributed by atoms with Crippen molar-refractivity contribution in [2.45, 2.75) is 46.0 Å². The summed E-state index contributed by atoms with van der Waals surface area (Å²) in [5, 5.41) is 9.00. The summed E-state index contributed by atoms with van der Waals surface area (Å²) >= 11 is 0. The molecule has 1 radical (unpaired) electrons. The lowest BCUT2D eigenvalue weighted by molar-refractivity contribution is 0.269. The van der Waals surface area contributed by atoms with Crippen molar-refractivity contribution in [3.05, 3.63) is 6.10 Å². The summed E-state index contributed by atoms with van der Waals surface area (Å²) in [5.41, 5.74) is 0. The zero-order valence-corrected chi connectivity index (χ0v) is 6.48. The smallest absolute Gasteiger partial charge is 0.0930 e. The van der Waals surface area contributed by atoms with Gasteiger partial charge in [0.25, 0.3) is 0 Å². The minimum absolute atomic E-state index is 0.656. The molecule has 0 saturated heterocycles. The summed E-state index contributed by atoms with van der Waals surface area (Å²) in [5.74, 6) is 0. The number of unbranched alkanes of at least 4 members (excludes halogenated alkanes) is 2. The Morgan fingerprint density at radius 1 is 1.22 bits per heavy atom. The highest BCUT2D eigenvalue weighted by Gasteiger charge is 1.99. The second-order valence-corrected chi connectivity index (χ2v) is 2.38. The van der Waals surface area contributed by atoms with Gasteiger partial charge in [0, 0.05) is 0 Å². The first-order chi connectivity index (χ1) is 4.31. The van der Waals surface area contributed by atoms with Crippen molar-refractivity contribution >= 4 is 0 Å². The molecule has 0 atom stereocenters. The van der Waals surface area contributed by atoms with Crippen LogP contribution in [0.1, 0.15) is 46.0 Å². The number of aliphatic hydroxyl groups is 1. The van der Waals surface area contributed by atoms with Crippen LogP contribution < -0.4 is 0 Å². The van der Waals surface area contributed by atoms with Gasteiger partial charge in [-0.05, 0) is 12.8 Å². The van der Waals surface area contributed by atoms with Crippen LogP contribution in [0.5, 0.6) is 0 Å². The third-order valence-corrected chi connectivity index (χ3v) is 1.48. The molecule has 1 nitrogen and oxygen atoms in total. The molecule has 1 N–H and O–H groups in total. The van der Waals surface area contributed by atoms with Crippen molar-refractivity contribution in [2.75, 3.05) is 0 Å². The molecule has 0 aliphatic heterocycles. The molecular weight excluding hydrogens is 112 g/mol. The molecule has 0 aromatic heterocycles. The maximum atomic E-state index is 9.00. The van der Waals surface area contributed by atoms with Gasteiger partial charge in [0.1, 0.15) is 0 Å². The van der Waals surface area contributed by atoms with E-state index >= 15 is 0 Å². The Morgan fingerprint density at radius 3 is 2.33 bits per heavy atom. The fraction of sp³-hybridized carbons (Fsp3) is 0.875. The molecule has 0 aromatic rings. The molecule has 0 unspecified atom stereocenters. The standard InChI is InChI=1S/C8H17O/c1-3-5-6-7-8(9)4-2/h9H,3-7H2,1-2H3. The first kappa shape index (κ1) is 8.96. The van der Waals surface area contributed by atoms with Crippen LogP contribution in [0.2, 0.25) is 0 Å². The van der Waals surface area contributed by atoms with Crippen LogP contribution >= 0.6 is 0 Å². The largest absolute Gasteiger partial charge is 0.387 e. The molecule has 0 aromatic carbocycles. The van der Waals surface area contributed by atoms with Gasteiger partial charge in [0.05, 0.1) is 6.10 Å². The molecule has 0 saturated carbocycles. The van der Waals surface area contributed by atoms with E-state index < -0.39 is 0 Å². The molecule has 0 spiro atoms. The first-order valence-electron chi connectivity index (χ1n) is 3.84. The van der Waals surface area contributed by atoms with E-state index in [1.807, 2.05) is 6.92 Å². The molecule has 1 heteroatoms. The van der Waals surface area contributed by atoms with Gasteiger partial charge in [0.15, 0.2) is 0 Å². The molecule has 55 valence electrons. The predicted molar refractivity (Wildman–Crippen MR) is 39.6 cm³/mol. The highest BCUT2D eigenvalue weighted by atomic mass is 16.3. The average molecular weight is 129 g/mol. The van der Waals surface area contributed by atoms with Crippen molar-refractivity contribution in [1.29, 1.82) is 0 Å². The lowest BCUT2D eigenvalue weighted by atomic mass is 10.1. The van der Waals surface area contributed by atoms with E-state index in [2.05, 4.69) is 6.92 Å². The lowest BCUT2D eigenvalue weighted by Gasteiger charge is -2.03. The van der Waals surface area contributed by atoms with Crippen LogP contribution in [-0.4, -0.2) is 5.11 Å². The van der Waals surface area contributed by atoms with Crippen LogP contribution in [0.25, 0.3) is 0 Å². The Labute approximate surface area is 58.1 Å². The van der Waals surface area contributed by atoms with Gasteiger partial charge >= 0.3 is 0 Å². The molecule has 0 amide bonds. The van der Waals surface area contributed by atoms with Gasteiger partial charge in [-0.2, -0.15) is 0 Å². The highest BCUT2D eigenvalue weighted by molar-refractivity contribution is 4.71. The Hall–Kier alpha value is -0.0400. The van der Waals surface area contributed by atoms with Crippen molar-refractivity contribution in [3.8, 4) is 0 Å². The second kappa shape index (κ2) is 6.09. The maximum Gasteiger partial charge on any atom is 0.0930 e. The first-order valence-corrected chi connectivity index (χ1v) is 3.84. The molecule has 0 bridgehead atoms. The fourth-order valence-electron chi connectivity index (χ4n) is 0.756. The molecule has 0 fully saturated rings. The zero-order valence-electron chi connectivity index (χ0n) is 6.48. The van der Waals surface area contributed by atoms with Crippen molar-refractivity contribution in [2.24, 2.45) is 0 Å². The topological polar surface area (TPSA) is 20.2 Å². The third-order valence-electron chi connectivity index (χ3n) is 1.48. The normalized spacial score (nSPS) is 10.7. The molecule has 0 heterocycles. The predicted octanol–water partition coefficient (Wildman–Crippen LogP) is 2.88. The SMILES string of the molecule is CCCCC[C](O)CC. The van der Waals surface area contributed by atoms with Crippen LogP contribution in [0.3, 0.4) is 0 Å². The van der Waals surface area contributed by atoms with Gasteiger partial charge in [-0.25, -0.2) is 0 Å². The van der Waals surface area contributed by atoms with Crippen molar-refractivity contribution < 1.29 is 5.11 Å². The summed E-state index contributed by atoms with van der Waals surface area (Å²) < 4.78 is 0. The number of hydrogen-bond acceptors (Lipinski definition) is 1. The lowest BCUT2D eigenvalue weighted by Crippen LogP contribution is -1.92. The minimum Gasteiger partial charge on any atom is -0.387 e. The van der Waals surface area contributed by atoms with E-state index in [4.69, 9.17) is 5.11 Å². The van der Waals surface area contributed by atoms with E-state index in [1.165, 1.54) is 12.8 Å². The van der Waals surface area contributed by atoms with Crippen LogP contribution in [0, 0.1) is 6.10 Å². The minimum atomic E-state index is 0.656. The summed E-state index contributed by atoms with van der Waals surface area (Å²) in [7, 11) is 0. The Balaban J connectivity index is 2.88. The number of hydrogen-bond donors (Lipinski definition) is 1. The maximum absolute atomic E-state index is 9.00. The average Bonchev–Trinajstić information content (AvgIpc) is 1.89. The van der Waals surface area contributed by atoms with Crippen LogP contribution in [0.4, 0.5) is 0 Å². The summed E-state index contributed by atoms with van der Waals surface area (Å²) in [6.45, 7) is 4.16. The second-order valence-electron chi connectivity index (χ2n) is 2.38. The molecule has 0 aliphatic carbocycles. The third kappa shape index (κ3) is 5.84. The van der Waals surface area contributed by atoms with E-state index in [0.717, 1.165) is 19.3 Å². The molecule has 0 rings (SSSR count). The van der Waals surface area contributed by atoms with E-state index in [0.29, 0.717) is 6.10 Å². The van der Waals surface area contributed by atoms with Crippen LogP contribution in [0.15, 0.2) is 0 Å². The van der Waals surface area contributed by atoms with Gasteiger partial charge in [-0.15, -0.1) is 0 Å². The fourth-order valence-corrected chi connectivity index (χ4v) is 0.756. The van der Waals surface area contributed by atoms with Gasteiger partial charge in [-0.3, -0.25) is 0 Å². The highest BCUT2D eigenvalue weighted by Crippen LogP contribution is 2.11. The van der Waals surface area contributed by atoms with E-state index in [9.17, 15) is 0 Å². The summed E-state index contributed by atoms with van der Waals surface area (Å²) in [6, 6.07) is 0. The Bertz CT molecular complexity index is 52.5. The summed E-state index contributed by atoms with van der Waals surface area (Å²) in [4.78, 5) is 0. The molecular formula is C8H17O. The van der Waals surface area contributed by atoms with Gasteiger partial charge in [0.2, 0.25) is 0 Å². The van der Waals surface area contributed by atoms with E-state index in [-0.39, 0.29) is 0 Å². The quantitative estimate of drug-likeness (QED) is 0.566. The van der Waals surface area contributed by atoms with Crippen molar-refractivity contribution in [1.82, 2.24) is 0 Å². The monoisotopic (exact) mass is 129 g/mol. The van der Waals surface area contributed by atoms with Gasteiger partial charge in [-0.1, -0.05) is 33.1 Å². The summed E-state index contributed by atoms with van der Waals surface area (Å²) in [6.07, 6.45) is 6.01. The Kier molecular flexibility index (Phi) is 6.06. The number of aliphatic hydroxyl groups excluding tert-OH is 1.